The molecule has 0 N–H and O–H groups in total. The average Bonchev–Trinajstić information content (AvgIpc) is 2.29. The Morgan fingerprint density at radius 2 is 2.24 bits per heavy atom. The minimum Gasteiger partial charge on any atom is -0.366 e. The molecule has 0 bridgehead atoms. The van der Waals surface area contributed by atoms with Crippen LogP contribution in [0.1, 0.15) is 26.2 Å². The molecule has 0 aromatic rings. The highest BCUT2D eigenvalue weighted by molar-refractivity contribution is 5.32. The fourth-order valence-electron chi connectivity index (χ4n) is 1.64. The molecule has 1 unspecified atom stereocenters. The molecule has 0 aromatic carbocycles. The summed E-state index contributed by atoms with van der Waals surface area (Å²) in [6.45, 7) is 6.03. The van der Waals surface area contributed by atoms with Crippen molar-refractivity contribution in [1.82, 2.24) is 0 Å². The van der Waals surface area contributed by atoms with Gasteiger partial charge in [0.2, 0.25) is 0 Å². The van der Waals surface area contributed by atoms with E-state index in [9.17, 15) is 13.2 Å². The Morgan fingerprint density at radius 3 is 2.76 bits per heavy atom. The third-order valence-electron chi connectivity index (χ3n) is 2.72. The first kappa shape index (κ1) is 14.0. The maximum atomic E-state index is 12.6. The van der Waals surface area contributed by atoms with Gasteiger partial charge in [-0.1, -0.05) is 38.2 Å². The van der Waals surface area contributed by atoms with Crippen molar-refractivity contribution < 1.29 is 17.9 Å². The van der Waals surface area contributed by atoms with Gasteiger partial charge in [-0.05, 0) is 12.5 Å². The molecular formula is C13H17F3O. The van der Waals surface area contributed by atoms with Crippen LogP contribution in [0.5, 0.6) is 0 Å². The largest absolute Gasteiger partial charge is 0.412 e. The van der Waals surface area contributed by atoms with E-state index in [1.807, 2.05) is 6.92 Å². The monoisotopic (exact) mass is 246 g/mol. The van der Waals surface area contributed by atoms with Gasteiger partial charge in [0.25, 0.3) is 0 Å². The van der Waals surface area contributed by atoms with Crippen LogP contribution in [0.3, 0.4) is 0 Å². The molecule has 96 valence electrons. The van der Waals surface area contributed by atoms with E-state index in [0.717, 1.165) is 18.9 Å². The van der Waals surface area contributed by atoms with Gasteiger partial charge >= 0.3 is 6.18 Å². The maximum absolute atomic E-state index is 12.6. The number of hydrogen-bond acceptors (Lipinski definition) is 1. The summed E-state index contributed by atoms with van der Waals surface area (Å²) in [6.07, 6.45) is 2.83. The highest BCUT2D eigenvalue weighted by Gasteiger charge is 2.40. The maximum Gasteiger partial charge on any atom is 0.412 e. The number of hydrogen-bond donors (Lipinski definition) is 0. The fraction of sp³-hybridized carbons (Fsp3) is 0.538. The molecule has 1 atom stereocenters. The predicted octanol–water partition coefficient (Wildman–Crippen LogP) is 4.18. The molecule has 0 fully saturated rings. The summed E-state index contributed by atoms with van der Waals surface area (Å²) in [6, 6.07) is 0. The Morgan fingerprint density at radius 1 is 1.53 bits per heavy atom. The molecule has 0 radical (unpaired) electrons. The van der Waals surface area contributed by atoms with Gasteiger partial charge in [0.15, 0.2) is 0 Å². The molecule has 0 aromatic heterocycles. The lowest BCUT2D eigenvalue weighted by atomic mass is 9.89. The van der Waals surface area contributed by atoms with Crippen LogP contribution in [-0.2, 0) is 4.74 Å². The molecule has 4 heteroatoms. The molecule has 1 aliphatic rings. The van der Waals surface area contributed by atoms with Crippen LogP contribution in [0.2, 0.25) is 0 Å². The van der Waals surface area contributed by atoms with Gasteiger partial charge in [0.05, 0.1) is 0 Å². The van der Waals surface area contributed by atoms with Crippen LogP contribution in [0.15, 0.2) is 36.5 Å². The smallest absolute Gasteiger partial charge is 0.366 e. The molecule has 0 heterocycles. The third-order valence-corrected chi connectivity index (χ3v) is 2.72. The Bertz CT molecular complexity index is 328. The molecule has 0 saturated carbocycles. The summed E-state index contributed by atoms with van der Waals surface area (Å²) < 4.78 is 43.4. The van der Waals surface area contributed by atoms with Gasteiger partial charge in [0, 0.05) is 18.6 Å². The van der Waals surface area contributed by atoms with Gasteiger partial charge in [0.1, 0.15) is 5.60 Å². The highest BCUT2D eigenvalue weighted by atomic mass is 19.4. The minimum absolute atomic E-state index is 0.194. The van der Waals surface area contributed by atoms with Crippen LogP contribution in [0, 0.1) is 0 Å². The second kappa shape index (κ2) is 5.54. The van der Waals surface area contributed by atoms with Crippen LogP contribution < -0.4 is 0 Å². The standard InChI is InChI=1S/C13H17F3O/c1-3-5-9-17-12(4-2)8-6-7-11(10-12)13(14,15)16/h4,6-8H,2-3,5,9-10H2,1H3. The average molecular weight is 246 g/mol. The number of alkyl halides is 3. The SMILES string of the molecule is C=CC1(OCCCC)C=CC=C(C(F)(F)F)C1. The minimum atomic E-state index is -4.30. The Hall–Kier alpha value is -1.03. The zero-order valence-electron chi connectivity index (χ0n) is 9.89. The Labute approximate surface area is 99.7 Å². The number of ether oxygens (including phenoxy) is 1. The molecule has 1 rings (SSSR count). The predicted molar refractivity (Wildman–Crippen MR) is 61.7 cm³/mol. The van der Waals surface area contributed by atoms with E-state index in [1.54, 1.807) is 6.08 Å². The molecule has 1 nitrogen and oxygen atoms in total. The molecule has 17 heavy (non-hydrogen) atoms. The second-order valence-electron chi connectivity index (χ2n) is 4.09. The molecule has 0 spiro atoms. The quantitative estimate of drug-likeness (QED) is 0.522. The van der Waals surface area contributed by atoms with Gasteiger partial charge < -0.3 is 4.74 Å². The zero-order chi connectivity index (χ0) is 12.9. The molecular weight excluding hydrogens is 229 g/mol. The number of rotatable bonds is 5. The van der Waals surface area contributed by atoms with Crippen molar-refractivity contribution in [1.29, 1.82) is 0 Å². The Kier molecular flexibility index (Phi) is 4.57. The number of unbranched alkanes of at least 4 members (excludes halogenated alkanes) is 1. The summed E-state index contributed by atoms with van der Waals surface area (Å²) in [4.78, 5) is 0. The van der Waals surface area contributed by atoms with Crippen molar-refractivity contribution in [3.63, 3.8) is 0 Å². The summed E-state index contributed by atoms with van der Waals surface area (Å²) in [7, 11) is 0. The Balaban J connectivity index is 2.74. The van der Waals surface area contributed by atoms with Crippen molar-refractivity contribution in [2.24, 2.45) is 0 Å². The lowest BCUT2D eigenvalue weighted by molar-refractivity contribution is -0.101. The van der Waals surface area contributed by atoms with E-state index < -0.39 is 17.4 Å². The van der Waals surface area contributed by atoms with Gasteiger partial charge in [-0.2, -0.15) is 13.2 Å². The van der Waals surface area contributed by atoms with E-state index in [2.05, 4.69) is 6.58 Å². The van der Waals surface area contributed by atoms with E-state index in [4.69, 9.17) is 4.74 Å². The summed E-state index contributed by atoms with van der Waals surface area (Å²) in [5, 5.41) is 0. The second-order valence-corrected chi connectivity index (χ2v) is 4.09. The first-order chi connectivity index (χ1) is 7.93. The van der Waals surface area contributed by atoms with Crippen molar-refractivity contribution in [2.45, 2.75) is 38.0 Å². The van der Waals surface area contributed by atoms with Crippen LogP contribution in [0.4, 0.5) is 13.2 Å². The van der Waals surface area contributed by atoms with Gasteiger partial charge in [-0.15, -0.1) is 0 Å². The fourth-order valence-corrected chi connectivity index (χ4v) is 1.64. The van der Waals surface area contributed by atoms with Crippen molar-refractivity contribution >= 4 is 0 Å². The highest BCUT2D eigenvalue weighted by Crippen LogP contribution is 2.37. The third kappa shape index (κ3) is 3.73. The molecule has 0 aliphatic heterocycles. The van der Waals surface area contributed by atoms with Crippen molar-refractivity contribution in [2.75, 3.05) is 6.61 Å². The van der Waals surface area contributed by atoms with Crippen LogP contribution >= 0.6 is 0 Å². The van der Waals surface area contributed by atoms with E-state index in [-0.39, 0.29) is 6.42 Å². The van der Waals surface area contributed by atoms with E-state index in [0.29, 0.717) is 6.61 Å². The molecule has 1 aliphatic carbocycles. The first-order valence-electron chi connectivity index (χ1n) is 5.66. The van der Waals surface area contributed by atoms with Gasteiger partial charge in [-0.3, -0.25) is 0 Å². The normalized spacial score (nSPS) is 24.6. The summed E-state index contributed by atoms with van der Waals surface area (Å²) in [5.74, 6) is 0. The number of allylic oxidation sites excluding steroid dienone is 2. The van der Waals surface area contributed by atoms with E-state index >= 15 is 0 Å². The van der Waals surface area contributed by atoms with Gasteiger partial charge in [-0.25, -0.2) is 0 Å². The van der Waals surface area contributed by atoms with Crippen molar-refractivity contribution in [3.05, 3.63) is 36.5 Å². The molecule has 0 saturated heterocycles. The van der Waals surface area contributed by atoms with Crippen LogP contribution in [0.25, 0.3) is 0 Å². The lowest BCUT2D eigenvalue weighted by Gasteiger charge is -2.31. The molecule has 0 amide bonds. The summed E-state index contributed by atoms with van der Waals surface area (Å²) >= 11 is 0. The summed E-state index contributed by atoms with van der Waals surface area (Å²) in [5.41, 5.74) is -1.58. The zero-order valence-corrected chi connectivity index (χ0v) is 9.89. The number of halogens is 3. The first-order valence-corrected chi connectivity index (χ1v) is 5.66. The van der Waals surface area contributed by atoms with E-state index in [1.165, 1.54) is 12.2 Å². The lowest BCUT2D eigenvalue weighted by Crippen LogP contribution is -2.33. The van der Waals surface area contributed by atoms with Crippen LogP contribution in [-0.4, -0.2) is 18.4 Å². The van der Waals surface area contributed by atoms with Crippen molar-refractivity contribution in [3.8, 4) is 0 Å². The topological polar surface area (TPSA) is 9.23 Å².